The van der Waals surface area contributed by atoms with E-state index in [9.17, 15) is 0 Å². The van der Waals surface area contributed by atoms with Crippen molar-refractivity contribution in [1.29, 1.82) is 0 Å². The van der Waals surface area contributed by atoms with Crippen LogP contribution in [0.15, 0.2) is 103 Å². The van der Waals surface area contributed by atoms with Gasteiger partial charge in [0.05, 0.1) is 0 Å². The number of benzene rings is 4. The van der Waals surface area contributed by atoms with Gasteiger partial charge in [-0.1, -0.05) is 141 Å². The molecule has 0 aromatic heterocycles. The van der Waals surface area contributed by atoms with Crippen LogP contribution in [0, 0.1) is 30.3 Å². The van der Waals surface area contributed by atoms with Crippen molar-refractivity contribution in [2.45, 2.75) is 64.4 Å². The van der Waals surface area contributed by atoms with Crippen molar-refractivity contribution in [3.63, 3.8) is 0 Å². The summed E-state index contributed by atoms with van der Waals surface area (Å²) in [5.74, 6) is 0. The molecule has 1 atom stereocenters. The summed E-state index contributed by atoms with van der Waals surface area (Å²) in [5.41, 5.74) is 1.87. The van der Waals surface area contributed by atoms with E-state index < -0.39 is 7.92 Å². The fourth-order valence-electron chi connectivity index (χ4n) is 6.58. The van der Waals surface area contributed by atoms with Crippen molar-refractivity contribution in [3.05, 3.63) is 139 Å². The summed E-state index contributed by atoms with van der Waals surface area (Å²) in [6, 6.07) is 51.8. The predicted molar refractivity (Wildman–Crippen MR) is 187 cm³/mol. The average Bonchev–Trinajstić information content (AvgIpc) is 3.68. The van der Waals surface area contributed by atoms with Crippen molar-refractivity contribution in [2.75, 3.05) is 0 Å². The first-order chi connectivity index (χ1) is 20.1. The zero-order valence-corrected chi connectivity index (χ0v) is 29.0. The first kappa shape index (κ1) is 33.4. The third kappa shape index (κ3) is 7.42. The largest absolute Gasteiger partial charge is 2.00 e. The average molecular weight is 638 g/mol. The SMILES string of the molecule is C[C@H](c1[c-]cc[c-]1P(c1cccc2ccccc12)c1cccc2ccccc12)P(C(C)(C)C)C(C)(C)C.[Fe+2].[c-]1[c-][c-][cH-][c-]1. The second-order valence-corrected chi connectivity index (χ2v) is 19.0. The molecule has 0 radical (unpaired) electrons. The smallest absolute Gasteiger partial charge is 0.999 e. The van der Waals surface area contributed by atoms with Crippen LogP contribution in [0.2, 0.25) is 0 Å². The van der Waals surface area contributed by atoms with Crippen molar-refractivity contribution >= 4 is 53.3 Å². The summed E-state index contributed by atoms with van der Waals surface area (Å²) < 4.78 is 0. The van der Waals surface area contributed by atoms with Crippen LogP contribution in [0.3, 0.4) is 0 Å². The van der Waals surface area contributed by atoms with E-state index in [1.165, 1.54) is 43.0 Å². The molecule has 0 unspecified atom stereocenters. The van der Waals surface area contributed by atoms with Gasteiger partial charge in [0.2, 0.25) is 0 Å². The molecular weight excluding hydrogens is 598 g/mol. The van der Waals surface area contributed by atoms with Gasteiger partial charge in [0, 0.05) is 0 Å². The zero-order chi connectivity index (χ0) is 29.9. The Kier molecular flexibility index (Phi) is 10.9. The van der Waals surface area contributed by atoms with Crippen LogP contribution in [0.4, 0.5) is 0 Å². The molecule has 6 aromatic carbocycles. The molecule has 0 aliphatic rings. The minimum Gasteiger partial charge on any atom is -0.999 e. The molecule has 3 heteroatoms. The van der Waals surface area contributed by atoms with Gasteiger partial charge < -0.3 is 53.8 Å². The van der Waals surface area contributed by atoms with Crippen LogP contribution in [-0.2, 0) is 17.1 Å². The van der Waals surface area contributed by atoms with E-state index in [1.807, 2.05) is 0 Å². The van der Waals surface area contributed by atoms with Crippen LogP contribution in [0.1, 0.15) is 59.7 Å². The molecule has 0 amide bonds. The van der Waals surface area contributed by atoms with Gasteiger partial charge in [-0.15, -0.1) is 7.92 Å². The van der Waals surface area contributed by atoms with Gasteiger partial charge >= 0.3 is 17.1 Å². The first-order valence-electron chi connectivity index (χ1n) is 14.6. The molecule has 0 saturated heterocycles. The number of hydrogen-bond donors (Lipinski definition) is 0. The van der Waals surface area contributed by atoms with Crippen molar-refractivity contribution in [1.82, 2.24) is 0 Å². The van der Waals surface area contributed by atoms with Gasteiger partial charge in [0.1, 0.15) is 0 Å². The van der Waals surface area contributed by atoms with E-state index in [0.717, 1.165) is 0 Å². The molecular formula is C40H39FeP2-5. The molecule has 6 rings (SSSR count). The summed E-state index contributed by atoms with van der Waals surface area (Å²) in [5, 5.41) is 10.2. The Morgan fingerprint density at radius 2 is 1.14 bits per heavy atom. The number of hydrogen-bond acceptors (Lipinski definition) is 0. The molecule has 0 heterocycles. The Bertz CT molecular complexity index is 1610. The molecule has 0 spiro atoms. The molecule has 43 heavy (non-hydrogen) atoms. The maximum absolute atomic E-state index is 3.78. The van der Waals surface area contributed by atoms with Gasteiger partial charge in [-0.25, -0.2) is 0 Å². The normalized spacial score (nSPS) is 12.7. The summed E-state index contributed by atoms with van der Waals surface area (Å²) in [7, 11) is -1.10. The van der Waals surface area contributed by atoms with E-state index in [-0.39, 0.29) is 35.3 Å². The second kappa shape index (κ2) is 14.1. The van der Waals surface area contributed by atoms with Crippen LogP contribution in [-0.4, -0.2) is 10.3 Å². The minimum absolute atomic E-state index is 0. The monoisotopic (exact) mass is 637 g/mol. The van der Waals surface area contributed by atoms with Gasteiger partial charge in [0.25, 0.3) is 0 Å². The molecule has 0 saturated carbocycles. The number of fused-ring (bicyclic) bond motifs is 2. The molecule has 0 bridgehead atoms. The zero-order valence-electron chi connectivity index (χ0n) is 26.1. The maximum atomic E-state index is 3.78. The number of rotatable bonds is 5. The maximum Gasteiger partial charge on any atom is 2.00 e. The van der Waals surface area contributed by atoms with E-state index in [1.54, 1.807) is 6.07 Å². The van der Waals surface area contributed by atoms with Gasteiger partial charge in [0.15, 0.2) is 0 Å². The van der Waals surface area contributed by atoms with E-state index in [4.69, 9.17) is 0 Å². The Balaban J connectivity index is 0.000000641. The molecule has 0 aliphatic carbocycles. The van der Waals surface area contributed by atoms with Gasteiger partial charge in [-0.2, -0.15) is 0 Å². The second-order valence-electron chi connectivity index (χ2n) is 12.7. The van der Waals surface area contributed by atoms with Crippen LogP contribution in [0.25, 0.3) is 21.5 Å². The summed E-state index contributed by atoms with van der Waals surface area (Å²) in [6.07, 6.45) is 0. The summed E-state index contributed by atoms with van der Waals surface area (Å²) in [6.45, 7) is 17.1. The molecule has 0 nitrogen and oxygen atoms in total. The Hall–Kier alpha value is -2.52. The standard InChI is InChI=1S/C35H38P2.C5H.Fe/c1-25(37(34(2,3)4)35(5,6)7)28-21-14-24-31(28)36(32-22-12-17-26-15-8-10-19-29(26)32)33-23-13-18-27-16-9-11-20-30(27)33;1-2-4-5-3-1;/h8-20,22-25H,1-7H3;1H;/q-2;-5;+2/t25-;;/m1../s1. The molecule has 0 fully saturated rings. The summed E-state index contributed by atoms with van der Waals surface area (Å²) >= 11 is 0. The first-order valence-corrected chi connectivity index (χ1v) is 17.4. The third-order valence-corrected chi connectivity index (χ3v) is 14.2. The van der Waals surface area contributed by atoms with Crippen LogP contribution < -0.4 is 15.9 Å². The molecule has 0 aliphatic heterocycles. The van der Waals surface area contributed by atoms with Crippen molar-refractivity contribution < 1.29 is 17.1 Å². The third-order valence-electron chi connectivity index (χ3n) is 7.61. The molecule has 222 valence electrons. The van der Waals surface area contributed by atoms with Crippen LogP contribution >= 0.6 is 15.8 Å². The van der Waals surface area contributed by atoms with E-state index in [2.05, 4.69) is 176 Å². The van der Waals surface area contributed by atoms with Crippen molar-refractivity contribution in [3.8, 4) is 0 Å². The fraction of sp³-hybridized carbons (Fsp3) is 0.250. The van der Waals surface area contributed by atoms with Crippen molar-refractivity contribution in [2.24, 2.45) is 0 Å². The molecule has 6 aromatic rings. The summed E-state index contributed by atoms with van der Waals surface area (Å²) in [4.78, 5) is 0. The molecule has 0 N–H and O–H groups in total. The quantitative estimate of drug-likeness (QED) is 0.100. The minimum atomic E-state index is -0.779. The van der Waals surface area contributed by atoms with E-state index in [0.29, 0.717) is 5.66 Å². The Labute approximate surface area is 272 Å². The fourth-order valence-corrected chi connectivity index (χ4v) is 14.3. The van der Waals surface area contributed by atoms with E-state index >= 15 is 0 Å². The van der Waals surface area contributed by atoms with Gasteiger partial charge in [-0.3, -0.25) is 5.56 Å². The Morgan fingerprint density at radius 3 is 1.58 bits per heavy atom. The van der Waals surface area contributed by atoms with Gasteiger partial charge in [-0.05, 0) is 48.1 Å². The topological polar surface area (TPSA) is 0 Å². The predicted octanol–water partition coefficient (Wildman–Crippen LogP) is 10.0. The van der Waals surface area contributed by atoms with Crippen LogP contribution in [0.5, 0.6) is 0 Å². The Morgan fingerprint density at radius 1 is 0.674 bits per heavy atom.